The molecular formula is C11H8F4O3. The van der Waals surface area contributed by atoms with Crippen LogP contribution in [0.25, 0.3) is 0 Å². The van der Waals surface area contributed by atoms with Crippen LogP contribution in [0.1, 0.15) is 11.1 Å². The number of esters is 1. The van der Waals surface area contributed by atoms with Crippen LogP contribution >= 0.6 is 0 Å². The molecule has 0 aliphatic carbocycles. The Balaban J connectivity index is 3.01. The summed E-state index contributed by atoms with van der Waals surface area (Å²) in [6, 6.07) is 1.69. The van der Waals surface area contributed by atoms with E-state index < -0.39 is 35.7 Å². The number of methoxy groups -OCH3 is 1. The second kappa shape index (κ2) is 5.16. The fourth-order valence-electron chi connectivity index (χ4n) is 1.29. The van der Waals surface area contributed by atoms with Gasteiger partial charge in [0, 0.05) is 6.42 Å². The zero-order chi connectivity index (χ0) is 13.9. The summed E-state index contributed by atoms with van der Waals surface area (Å²) < 4.78 is 54.2. The van der Waals surface area contributed by atoms with E-state index in [4.69, 9.17) is 0 Å². The third-order valence-electron chi connectivity index (χ3n) is 2.06. The first-order valence-corrected chi connectivity index (χ1v) is 4.72. The van der Waals surface area contributed by atoms with Crippen LogP contribution in [0.4, 0.5) is 17.6 Å². The third kappa shape index (κ3) is 3.54. The smallest absolute Gasteiger partial charge is 0.416 e. The van der Waals surface area contributed by atoms with Crippen molar-refractivity contribution in [2.45, 2.75) is 12.6 Å². The molecule has 1 aromatic carbocycles. The Morgan fingerprint density at radius 2 is 1.83 bits per heavy atom. The summed E-state index contributed by atoms with van der Waals surface area (Å²) in [5.41, 5.74) is -1.45. The van der Waals surface area contributed by atoms with Crippen LogP contribution in [0.5, 0.6) is 0 Å². The summed E-state index contributed by atoms with van der Waals surface area (Å²) >= 11 is 0. The topological polar surface area (TPSA) is 43.4 Å². The van der Waals surface area contributed by atoms with Gasteiger partial charge in [0.2, 0.25) is 5.78 Å². The Labute approximate surface area is 99.4 Å². The Hall–Kier alpha value is -1.92. The predicted molar refractivity (Wildman–Crippen MR) is 52.1 cm³/mol. The minimum Gasteiger partial charge on any atom is -0.463 e. The maximum absolute atomic E-state index is 13.0. The molecule has 0 atom stereocenters. The van der Waals surface area contributed by atoms with Crippen molar-refractivity contribution in [3.8, 4) is 0 Å². The molecule has 0 saturated heterocycles. The summed E-state index contributed by atoms with van der Waals surface area (Å²) in [7, 11) is 0.965. The summed E-state index contributed by atoms with van der Waals surface area (Å²) in [6.45, 7) is 0. The molecule has 0 aliphatic heterocycles. The Bertz CT molecular complexity index is 480. The standard InChI is InChI=1S/C11H8F4O3/c1-18-10(17)9(16)4-6-2-7(11(13,14)15)5-8(12)3-6/h2-3,5H,4H2,1H3. The van der Waals surface area contributed by atoms with Crippen molar-refractivity contribution in [2.75, 3.05) is 7.11 Å². The van der Waals surface area contributed by atoms with E-state index in [0.29, 0.717) is 12.1 Å². The largest absolute Gasteiger partial charge is 0.463 e. The van der Waals surface area contributed by atoms with Gasteiger partial charge in [-0.05, 0) is 23.8 Å². The molecule has 7 heteroatoms. The van der Waals surface area contributed by atoms with Crippen molar-refractivity contribution in [2.24, 2.45) is 0 Å². The average molecular weight is 264 g/mol. The second-order valence-corrected chi connectivity index (χ2v) is 3.44. The van der Waals surface area contributed by atoms with Crippen molar-refractivity contribution in [3.63, 3.8) is 0 Å². The van der Waals surface area contributed by atoms with E-state index in [0.717, 1.165) is 13.2 Å². The normalized spacial score (nSPS) is 11.2. The highest BCUT2D eigenvalue weighted by Gasteiger charge is 2.31. The number of Topliss-reactive ketones (excluding diaryl/α,β-unsaturated/α-hetero) is 1. The van der Waals surface area contributed by atoms with E-state index in [-0.39, 0.29) is 5.56 Å². The summed E-state index contributed by atoms with van der Waals surface area (Å²) in [5, 5.41) is 0. The minimum absolute atomic E-state index is 0.238. The van der Waals surface area contributed by atoms with E-state index in [1.54, 1.807) is 0 Å². The van der Waals surface area contributed by atoms with Crippen molar-refractivity contribution < 1.29 is 31.9 Å². The van der Waals surface area contributed by atoms with Crippen LogP contribution in [-0.2, 0) is 26.9 Å². The van der Waals surface area contributed by atoms with Crippen LogP contribution in [0.2, 0.25) is 0 Å². The summed E-state index contributed by atoms with van der Waals surface area (Å²) in [4.78, 5) is 21.9. The summed E-state index contributed by atoms with van der Waals surface area (Å²) in [5.74, 6) is -3.36. The van der Waals surface area contributed by atoms with Gasteiger partial charge in [-0.2, -0.15) is 13.2 Å². The van der Waals surface area contributed by atoms with E-state index in [1.165, 1.54) is 0 Å². The van der Waals surface area contributed by atoms with Gasteiger partial charge in [0.1, 0.15) is 5.82 Å². The average Bonchev–Trinajstić information content (AvgIpc) is 2.25. The molecule has 3 nitrogen and oxygen atoms in total. The van der Waals surface area contributed by atoms with Crippen LogP contribution < -0.4 is 0 Å². The molecule has 0 unspecified atom stereocenters. The number of carbonyl (C=O) groups excluding carboxylic acids is 2. The number of carbonyl (C=O) groups is 2. The van der Waals surface area contributed by atoms with Crippen molar-refractivity contribution in [1.82, 2.24) is 0 Å². The first-order chi connectivity index (χ1) is 8.24. The van der Waals surface area contributed by atoms with Gasteiger partial charge in [-0.25, -0.2) is 9.18 Å². The quantitative estimate of drug-likeness (QED) is 0.477. The minimum atomic E-state index is -4.72. The zero-order valence-electron chi connectivity index (χ0n) is 9.18. The number of benzene rings is 1. The van der Waals surface area contributed by atoms with Crippen LogP contribution in [0.15, 0.2) is 18.2 Å². The highest BCUT2D eigenvalue weighted by atomic mass is 19.4. The zero-order valence-corrected chi connectivity index (χ0v) is 9.18. The predicted octanol–water partition coefficient (Wildman–Crippen LogP) is 2.13. The molecule has 0 spiro atoms. The molecule has 0 aromatic heterocycles. The van der Waals surface area contributed by atoms with Crippen LogP contribution in [0.3, 0.4) is 0 Å². The molecule has 0 fully saturated rings. The van der Waals surface area contributed by atoms with Crippen LogP contribution in [0, 0.1) is 5.82 Å². The fraction of sp³-hybridized carbons (Fsp3) is 0.273. The molecule has 0 heterocycles. The van der Waals surface area contributed by atoms with Crippen LogP contribution in [-0.4, -0.2) is 18.9 Å². The van der Waals surface area contributed by atoms with E-state index in [2.05, 4.69) is 4.74 Å². The number of halogens is 4. The number of ketones is 1. The second-order valence-electron chi connectivity index (χ2n) is 3.44. The lowest BCUT2D eigenvalue weighted by Crippen LogP contribution is -2.18. The van der Waals surface area contributed by atoms with Gasteiger partial charge in [0.15, 0.2) is 0 Å². The molecule has 0 N–H and O–H groups in total. The van der Waals surface area contributed by atoms with E-state index in [1.807, 2.05) is 0 Å². The lowest BCUT2D eigenvalue weighted by Gasteiger charge is -2.08. The summed E-state index contributed by atoms with van der Waals surface area (Å²) in [6.07, 6.45) is -5.36. The van der Waals surface area contributed by atoms with E-state index >= 15 is 0 Å². The monoisotopic (exact) mass is 264 g/mol. The molecule has 1 rings (SSSR count). The molecule has 0 amide bonds. The van der Waals surface area contributed by atoms with Gasteiger partial charge in [-0.15, -0.1) is 0 Å². The molecule has 0 aliphatic rings. The lowest BCUT2D eigenvalue weighted by molar-refractivity contribution is -0.151. The highest BCUT2D eigenvalue weighted by molar-refractivity contribution is 6.34. The number of alkyl halides is 3. The maximum atomic E-state index is 13.0. The molecule has 98 valence electrons. The van der Waals surface area contributed by atoms with Gasteiger partial charge >= 0.3 is 12.1 Å². The maximum Gasteiger partial charge on any atom is 0.416 e. The lowest BCUT2D eigenvalue weighted by atomic mass is 10.1. The molecule has 1 aromatic rings. The number of hydrogen-bond donors (Lipinski definition) is 0. The molecule has 18 heavy (non-hydrogen) atoms. The fourth-order valence-corrected chi connectivity index (χ4v) is 1.29. The molecule has 0 radical (unpaired) electrons. The third-order valence-corrected chi connectivity index (χ3v) is 2.06. The van der Waals surface area contributed by atoms with Gasteiger partial charge in [-0.1, -0.05) is 0 Å². The van der Waals surface area contributed by atoms with Crippen molar-refractivity contribution in [1.29, 1.82) is 0 Å². The Morgan fingerprint density at radius 3 is 2.33 bits per heavy atom. The van der Waals surface area contributed by atoms with Gasteiger partial charge in [0.05, 0.1) is 12.7 Å². The van der Waals surface area contributed by atoms with Crippen molar-refractivity contribution >= 4 is 11.8 Å². The van der Waals surface area contributed by atoms with Gasteiger partial charge < -0.3 is 4.74 Å². The first-order valence-electron chi connectivity index (χ1n) is 4.72. The number of rotatable bonds is 3. The highest BCUT2D eigenvalue weighted by Crippen LogP contribution is 2.30. The van der Waals surface area contributed by atoms with Crippen molar-refractivity contribution in [3.05, 3.63) is 35.1 Å². The number of hydrogen-bond acceptors (Lipinski definition) is 3. The Kier molecular flexibility index (Phi) is 4.05. The first kappa shape index (κ1) is 14.1. The SMILES string of the molecule is COC(=O)C(=O)Cc1cc(F)cc(C(F)(F)F)c1. The molecule has 0 saturated carbocycles. The number of ether oxygens (including phenoxy) is 1. The van der Waals surface area contributed by atoms with E-state index in [9.17, 15) is 27.2 Å². The Morgan fingerprint density at radius 1 is 1.22 bits per heavy atom. The molecular weight excluding hydrogens is 256 g/mol. The molecule has 0 bridgehead atoms. The van der Waals surface area contributed by atoms with Gasteiger partial charge in [-0.3, -0.25) is 4.79 Å². The van der Waals surface area contributed by atoms with Gasteiger partial charge in [0.25, 0.3) is 0 Å².